The molecule has 4 aromatic rings. The fraction of sp³-hybridized carbons (Fsp3) is 0.241. The van der Waals surface area contributed by atoms with Crippen LogP contribution in [-0.4, -0.2) is 41.2 Å². The van der Waals surface area contributed by atoms with Crippen molar-refractivity contribution >= 4 is 35.1 Å². The minimum Gasteiger partial charge on any atom is -0.459 e. The van der Waals surface area contributed by atoms with Crippen LogP contribution in [0.2, 0.25) is 0 Å². The standard InChI is InChI=1S/C29H30N4O4/c1-20-25-16-23(36-24-8-6-13-31-18-24)10-11-26(25)37-27(20)19-33(3)28(35)12-9-21-15-22(7-4-5-14-34)29(30-2)32-17-21/h6,8-18H,4-5,7,19H2,1-3H3,(H,30,32)/b12-9+. The third kappa shape index (κ3) is 6.41. The molecule has 0 aliphatic heterocycles. The first-order chi connectivity index (χ1) is 18.0. The van der Waals surface area contributed by atoms with Crippen molar-refractivity contribution in [3.63, 3.8) is 0 Å². The summed E-state index contributed by atoms with van der Waals surface area (Å²) >= 11 is 0. The van der Waals surface area contributed by atoms with Crippen LogP contribution in [0.5, 0.6) is 11.5 Å². The van der Waals surface area contributed by atoms with Gasteiger partial charge in [-0.3, -0.25) is 9.78 Å². The van der Waals surface area contributed by atoms with Gasteiger partial charge in [-0.2, -0.15) is 0 Å². The van der Waals surface area contributed by atoms with Crippen LogP contribution < -0.4 is 10.1 Å². The molecule has 0 aliphatic carbocycles. The third-order valence-electron chi connectivity index (χ3n) is 6.04. The van der Waals surface area contributed by atoms with Gasteiger partial charge in [0.05, 0.1) is 12.7 Å². The van der Waals surface area contributed by atoms with Crippen LogP contribution in [0.3, 0.4) is 0 Å². The van der Waals surface area contributed by atoms with E-state index in [1.807, 2.05) is 50.4 Å². The molecule has 190 valence electrons. The number of carbonyl (C=O) groups excluding carboxylic acids is 2. The van der Waals surface area contributed by atoms with E-state index in [9.17, 15) is 9.59 Å². The summed E-state index contributed by atoms with van der Waals surface area (Å²) in [7, 11) is 3.55. The molecule has 3 aromatic heterocycles. The zero-order valence-corrected chi connectivity index (χ0v) is 21.2. The van der Waals surface area contributed by atoms with E-state index < -0.39 is 0 Å². The number of likely N-dealkylation sites (N-methyl/N-ethyl adjacent to an activating group) is 1. The van der Waals surface area contributed by atoms with E-state index in [1.165, 1.54) is 6.08 Å². The van der Waals surface area contributed by atoms with Gasteiger partial charge in [0.2, 0.25) is 5.91 Å². The van der Waals surface area contributed by atoms with E-state index in [0.717, 1.165) is 58.4 Å². The number of aldehydes is 1. The zero-order chi connectivity index (χ0) is 26.2. The molecule has 0 aliphatic rings. The van der Waals surface area contributed by atoms with Gasteiger partial charge in [-0.05, 0) is 73.4 Å². The molecule has 0 radical (unpaired) electrons. The highest BCUT2D eigenvalue weighted by Crippen LogP contribution is 2.31. The number of aromatic nitrogens is 2. The Kier molecular flexibility index (Phi) is 8.30. The molecule has 0 atom stereocenters. The first-order valence-corrected chi connectivity index (χ1v) is 12.1. The Balaban J connectivity index is 1.44. The second kappa shape index (κ2) is 12.0. The molecule has 0 saturated carbocycles. The monoisotopic (exact) mass is 498 g/mol. The fourth-order valence-electron chi connectivity index (χ4n) is 4.01. The molecule has 3 heterocycles. The molecule has 0 bridgehead atoms. The number of rotatable bonds is 11. The van der Waals surface area contributed by atoms with E-state index >= 15 is 0 Å². The lowest BCUT2D eigenvalue weighted by Gasteiger charge is -2.14. The number of aryl methyl sites for hydroxylation is 2. The molecule has 8 nitrogen and oxygen atoms in total. The number of pyridine rings is 2. The Morgan fingerprint density at radius 2 is 2.05 bits per heavy atom. The Hall–Kier alpha value is -4.46. The molecule has 0 saturated heterocycles. The summed E-state index contributed by atoms with van der Waals surface area (Å²) in [6.07, 6.45) is 11.3. The number of hydrogen-bond acceptors (Lipinski definition) is 7. The maximum absolute atomic E-state index is 12.8. The number of amides is 1. The van der Waals surface area contributed by atoms with Crippen LogP contribution in [0, 0.1) is 6.92 Å². The van der Waals surface area contributed by atoms with Gasteiger partial charge in [0.1, 0.15) is 34.9 Å². The predicted molar refractivity (Wildman–Crippen MR) is 144 cm³/mol. The van der Waals surface area contributed by atoms with Crippen molar-refractivity contribution in [2.75, 3.05) is 19.4 Å². The van der Waals surface area contributed by atoms with Gasteiger partial charge in [0.25, 0.3) is 0 Å². The largest absolute Gasteiger partial charge is 0.459 e. The smallest absolute Gasteiger partial charge is 0.246 e. The van der Waals surface area contributed by atoms with Crippen molar-refractivity contribution in [2.45, 2.75) is 32.7 Å². The summed E-state index contributed by atoms with van der Waals surface area (Å²) in [4.78, 5) is 33.6. The van der Waals surface area contributed by atoms with Crippen LogP contribution in [0.4, 0.5) is 5.82 Å². The summed E-state index contributed by atoms with van der Waals surface area (Å²) in [6.45, 7) is 2.31. The van der Waals surface area contributed by atoms with Gasteiger partial charge in [0, 0.05) is 49.9 Å². The number of hydrogen-bond donors (Lipinski definition) is 1. The third-order valence-corrected chi connectivity index (χ3v) is 6.04. The summed E-state index contributed by atoms with van der Waals surface area (Å²) in [6, 6.07) is 11.3. The molecule has 0 unspecified atom stereocenters. The Bertz CT molecular complexity index is 1410. The number of benzene rings is 1. The van der Waals surface area contributed by atoms with E-state index in [0.29, 0.717) is 24.5 Å². The molecule has 1 amide bonds. The SMILES string of the molecule is CNc1ncc(/C=C/C(=O)N(C)Cc2oc3ccc(Oc4cccnc4)cc3c2C)cc1CCCC=O. The van der Waals surface area contributed by atoms with Gasteiger partial charge in [0.15, 0.2) is 0 Å². The normalized spacial score (nSPS) is 11.1. The molecular formula is C29H30N4O4. The van der Waals surface area contributed by atoms with Crippen molar-refractivity contribution in [3.05, 3.63) is 83.5 Å². The topological polar surface area (TPSA) is 97.6 Å². The van der Waals surface area contributed by atoms with Crippen LogP contribution in [0.15, 0.2) is 65.5 Å². The number of ether oxygens (including phenoxy) is 1. The predicted octanol–water partition coefficient (Wildman–Crippen LogP) is 5.56. The molecule has 0 spiro atoms. The second-order valence-corrected chi connectivity index (χ2v) is 8.71. The average molecular weight is 499 g/mol. The van der Waals surface area contributed by atoms with Crippen molar-refractivity contribution in [1.29, 1.82) is 0 Å². The highest BCUT2D eigenvalue weighted by molar-refractivity contribution is 5.91. The van der Waals surface area contributed by atoms with Crippen LogP contribution in [-0.2, 0) is 22.6 Å². The van der Waals surface area contributed by atoms with Crippen molar-refractivity contribution in [3.8, 4) is 11.5 Å². The average Bonchev–Trinajstić information content (AvgIpc) is 3.22. The van der Waals surface area contributed by atoms with Gasteiger partial charge in [-0.15, -0.1) is 0 Å². The summed E-state index contributed by atoms with van der Waals surface area (Å²) in [5, 5.41) is 4.01. The number of fused-ring (bicyclic) bond motifs is 1. The Labute approximate surface area is 216 Å². The summed E-state index contributed by atoms with van der Waals surface area (Å²) in [5.74, 6) is 2.69. The van der Waals surface area contributed by atoms with Crippen LogP contribution >= 0.6 is 0 Å². The number of unbranched alkanes of at least 4 members (excludes halogenated alkanes) is 1. The maximum atomic E-state index is 12.8. The second-order valence-electron chi connectivity index (χ2n) is 8.71. The molecule has 0 fully saturated rings. The summed E-state index contributed by atoms with van der Waals surface area (Å²) < 4.78 is 11.9. The quantitative estimate of drug-likeness (QED) is 0.164. The van der Waals surface area contributed by atoms with Crippen LogP contribution in [0.1, 0.15) is 35.3 Å². The van der Waals surface area contributed by atoms with Gasteiger partial charge < -0.3 is 24.2 Å². The Morgan fingerprint density at radius 1 is 1.19 bits per heavy atom. The number of nitrogens with zero attached hydrogens (tertiary/aromatic N) is 3. The molecule has 1 aromatic carbocycles. The minimum atomic E-state index is -0.152. The van der Waals surface area contributed by atoms with Crippen LogP contribution in [0.25, 0.3) is 17.0 Å². The zero-order valence-electron chi connectivity index (χ0n) is 21.2. The van der Waals surface area contributed by atoms with Gasteiger partial charge in [-0.1, -0.05) is 0 Å². The molecule has 4 rings (SSSR count). The number of anilines is 1. The van der Waals surface area contributed by atoms with Crippen molar-refractivity contribution in [1.82, 2.24) is 14.9 Å². The van der Waals surface area contributed by atoms with Gasteiger partial charge >= 0.3 is 0 Å². The van der Waals surface area contributed by atoms with E-state index in [1.54, 1.807) is 36.6 Å². The van der Waals surface area contributed by atoms with E-state index in [2.05, 4.69) is 15.3 Å². The lowest BCUT2D eigenvalue weighted by Crippen LogP contribution is -2.24. The number of carbonyl (C=O) groups is 2. The van der Waals surface area contributed by atoms with E-state index in [-0.39, 0.29) is 5.91 Å². The minimum absolute atomic E-state index is 0.152. The lowest BCUT2D eigenvalue weighted by molar-refractivity contribution is -0.125. The maximum Gasteiger partial charge on any atom is 0.246 e. The Morgan fingerprint density at radius 3 is 2.81 bits per heavy atom. The lowest BCUT2D eigenvalue weighted by atomic mass is 10.1. The summed E-state index contributed by atoms with van der Waals surface area (Å²) in [5.41, 5.74) is 3.53. The van der Waals surface area contributed by atoms with E-state index in [4.69, 9.17) is 9.15 Å². The molecule has 8 heteroatoms. The molecular weight excluding hydrogens is 468 g/mol. The van der Waals surface area contributed by atoms with Gasteiger partial charge in [-0.25, -0.2) is 4.98 Å². The molecule has 1 N–H and O–H groups in total. The highest BCUT2D eigenvalue weighted by atomic mass is 16.5. The first-order valence-electron chi connectivity index (χ1n) is 12.1. The van der Waals surface area contributed by atoms with Crippen molar-refractivity contribution in [2.24, 2.45) is 0 Å². The molecule has 37 heavy (non-hydrogen) atoms. The highest BCUT2D eigenvalue weighted by Gasteiger charge is 2.15. The number of nitrogens with one attached hydrogen (secondary N) is 1. The fourth-order valence-corrected chi connectivity index (χ4v) is 4.01. The van der Waals surface area contributed by atoms with Crippen molar-refractivity contribution < 1.29 is 18.7 Å². The first kappa shape index (κ1) is 25.6. The number of furan rings is 1.